The van der Waals surface area contributed by atoms with Gasteiger partial charge in [-0.15, -0.1) is 0 Å². The maximum atomic E-state index is 9.31. The van der Waals surface area contributed by atoms with E-state index in [0.29, 0.717) is 0 Å². The third-order valence-corrected chi connectivity index (χ3v) is 2.26. The number of phenols is 2. The molecule has 2 heteroatoms. The van der Waals surface area contributed by atoms with E-state index >= 15 is 0 Å². The number of rotatable bonds is 5. The molecule has 0 fully saturated rings. The lowest BCUT2D eigenvalue weighted by Gasteiger charge is -2.04. The number of phenolic OH excluding ortho intramolecular Hbond substituents is 2. The van der Waals surface area contributed by atoms with Crippen molar-refractivity contribution < 1.29 is 10.2 Å². The Morgan fingerprint density at radius 1 is 1.12 bits per heavy atom. The van der Waals surface area contributed by atoms with Crippen LogP contribution in [0.2, 0.25) is 0 Å². The molecule has 1 aromatic rings. The second-order valence-electron chi connectivity index (χ2n) is 3.54. The zero-order valence-electron chi connectivity index (χ0n) is 9.19. The minimum Gasteiger partial charge on any atom is -0.508 e. The number of hydrogen-bond donors (Lipinski definition) is 2. The monoisotopic (exact) mass is 216 g/mol. The second kappa shape index (κ2) is 5.81. The fraction of sp³-hybridized carbons (Fsp3) is 0.143. The van der Waals surface area contributed by atoms with Crippen LogP contribution in [0.3, 0.4) is 0 Å². The van der Waals surface area contributed by atoms with Crippen LogP contribution in [0, 0.1) is 0 Å². The van der Waals surface area contributed by atoms with E-state index in [0.717, 1.165) is 24.0 Å². The predicted octanol–water partition coefficient (Wildman–Crippen LogP) is 3.33. The summed E-state index contributed by atoms with van der Waals surface area (Å²) in [6.07, 6.45) is 6.95. The van der Waals surface area contributed by atoms with E-state index in [1.807, 2.05) is 6.08 Å². The standard InChI is InChI=1S/C14H16O2/c1-3-5-11(4-2)6-7-12-8-13(15)10-14(16)9-12/h3-5,8-10,15-16H,1-2,6-7H2/b11-5+. The van der Waals surface area contributed by atoms with Gasteiger partial charge >= 0.3 is 0 Å². The normalized spacial score (nSPS) is 11.1. The van der Waals surface area contributed by atoms with Gasteiger partial charge < -0.3 is 10.2 Å². The first-order chi connectivity index (χ1) is 7.65. The van der Waals surface area contributed by atoms with Gasteiger partial charge in [-0.05, 0) is 36.1 Å². The number of aryl methyl sites for hydroxylation is 1. The van der Waals surface area contributed by atoms with Crippen molar-refractivity contribution in [1.29, 1.82) is 0 Å². The second-order valence-corrected chi connectivity index (χ2v) is 3.54. The van der Waals surface area contributed by atoms with Crippen LogP contribution in [0.5, 0.6) is 11.5 Å². The van der Waals surface area contributed by atoms with Crippen molar-refractivity contribution in [2.24, 2.45) is 0 Å². The third-order valence-electron chi connectivity index (χ3n) is 2.26. The van der Waals surface area contributed by atoms with Gasteiger partial charge in [0.1, 0.15) is 11.5 Å². The van der Waals surface area contributed by atoms with Gasteiger partial charge in [0.2, 0.25) is 0 Å². The van der Waals surface area contributed by atoms with E-state index in [2.05, 4.69) is 13.2 Å². The van der Waals surface area contributed by atoms with Gasteiger partial charge in [-0.3, -0.25) is 0 Å². The van der Waals surface area contributed by atoms with Crippen LogP contribution in [-0.2, 0) is 6.42 Å². The fourth-order valence-electron chi connectivity index (χ4n) is 1.49. The Hall–Kier alpha value is -1.96. The summed E-state index contributed by atoms with van der Waals surface area (Å²) in [4.78, 5) is 0. The molecule has 0 heterocycles. The molecule has 0 aliphatic rings. The summed E-state index contributed by atoms with van der Waals surface area (Å²) in [6.45, 7) is 7.34. The van der Waals surface area contributed by atoms with E-state index < -0.39 is 0 Å². The zero-order chi connectivity index (χ0) is 12.0. The molecule has 0 bridgehead atoms. The first-order valence-corrected chi connectivity index (χ1v) is 5.11. The van der Waals surface area contributed by atoms with Crippen molar-refractivity contribution in [3.63, 3.8) is 0 Å². The molecule has 0 aliphatic carbocycles. The van der Waals surface area contributed by atoms with Crippen LogP contribution in [0.25, 0.3) is 0 Å². The first kappa shape index (κ1) is 12.1. The number of hydrogen-bond acceptors (Lipinski definition) is 2. The van der Waals surface area contributed by atoms with E-state index in [9.17, 15) is 10.2 Å². The maximum Gasteiger partial charge on any atom is 0.119 e. The quantitative estimate of drug-likeness (QED) is 0.741. The Labute approximate surface area is 95.9 Å². The summed E-state index contributed by atoms with van der Waals surface area (Å²) in [5, 5.41) is 18.6. The number of benzene rings is 1. The van der Waals surface area contributed by atoms with Crippen molar-refractivity contribution in [2.45, 2.75) is 12.8 Å². The molecule has 16 heavy (non-hydrogen) atoms. The molecule has 0 saturated carbocycles. The van der Waals surface area contributed by atoms with Gasteiger partial charge in [-0.2, -0.15) is 0 Å². The van der Waals surface area contributed by atoms with Crippen molar-refractivity contribution in [3.05, 3.63) is 60.7 Å². The van der Waals surface area contributed by atoms with E-state index in [1.54, 1.807) is 24.3 Å². The lowest BCUT2D eigenvalue weighted by molar-refractivity contribution is 0.449. The molecule has 1 rings (SSSR count). The third kappa shape index (κ3) is 3.65. The smallest absolute Gasteiger partial charge is 0.119 e. The number of allylic oxidation sites excluding steroid dienone is 4. The Kier molecular flexibility index (Phi) is 4.40. The molecule has 0 aromatic heterocycles. The Morgan fingerprint density at radius 3 is 2.25 bits per heavy atom. The molecular formula is C14H16O2. The molecule has 0 saturated heterocycles. The average molecular weight is 216 g/mol. The summed E-state index contributed by atoms with van der Waals surface area (Å²) < 4.78 is 0. The van der Waals surface area contributed by atoms with E-state index in [-0.39, 0.29) is 11.5 Å². The first-order valence-electron chi connectivity index (χ1n) is 5.11. The van der Waals surface area contributed by atoms with E-state index in [1.165, 1.54) is 6.07 Å². The van der Waals surface area contributed by atoms with Crippen LogP contribution >= 0.6 is 0 Å². The summed E-state index contributed by atoms with van der Waals surface area (Å²) in [5.41, 5.74) is 1.98. The molecule has 1 aromatic carbocycles. The van der Waals surface area contributed by atoms with Crippen LogP contribution in [0.1, 0.15) is 12.0 Å². The molecule has 0 aliphatic heterocycles. The Bertz CT molecular complexity index is 396. The topological polar surface area (TPSA) is 40.5 Å². The summed E-state index contributed by atoms with van der Waals surface area (Å²) >= 11 is 0. The van der Waals surface area contributed by atoms with Crippen LogP contribution < -0.4 is 0 Å². The molecule has 2 nitrogen and oxygen atoms in total. The highest BCUT2D eigenvalue weighted by Gasteiger charge is 2.00. The molecule has 0 spiro atoms. The van der Waals surface area contributed by atoms with Crippen molar-refractivity contribution in [1.82, 2.24) is 0 Å². The highest BCUT2D eigenvalue weighted by molar-refractivity contribution is 5.37. The molecule has 0 unspecified atom stereocenters. The zero-order valence-corrected chi connectivity index (χ0v) is 9.19. The lowest BCUT2D eigenvalue weighted by atomic mass is 10.0. The van der Waals surface area contributed by atoms with Gasteiger partial charge in [0.05, 0.1) is 0 Å². The van der Waals surface area contributed by atoms with Crippen molar-refractivity contribution in [2.75, 3.05) is 0 Å². The van der Waals surface area contributed by atoms with Crippen molar-refractivity contribution in [3.8, 4) is 11.5 Å². The molecule has 0 atom stereocenters. The summed E-state index contributed by atoms with van der Waals surface area (Å²) in [5.74, 6) is 0.172. The molecule has 2 N–H and O–H groups in total. The minimum atomic E-state index is 0.0860. The maximum absolute atomic E-state index is 9.31. The summed E-state index contributed by atoms with van der Waals surface area (Å²) in [6, 6.07) is 4.61. The molecular weight excluding hydrogens is 200 g/mol. The summed E-state index contributed by atoms with van der Waals surface area (Å²) in [7, 11) is 0. The van der Waals surface area contributed by atoms with Crippen LogP contribution in [0.4, 0.5) is 0 Å². The largest absolute Gasteiger partial charge is 0.508 e. The van der Waals surface area contributed by atoms with Gasteiger partial charge in [-0.1, -0.05) is 31.4 Å². The fourth-order valence-corrected chi connectivity index (χ4v) is 1.49. The highest BCUT2D eigenvalue weighted by atomic mass is 16.3. The molecule has 84 valence electrons. The SMILES string of the molecule is C=C/C=C(\C=C)CCc1cc(O)cc(O)c1. The molecule has 0 radical (unpaired) electrons. The predicted molar refractivity (Wildman–Crippen MR) is 66.6 cm³/mol. The molecule has 0 amide bonds. The number of aromatic hydroxyl groups is 2. The van der Waals surface area contributed by atoms with Gasteiger partial charge in [0, 0.05) is 6.07 Å². The van der Waals surface area contributed by atoms with Gasteiger partial charge in [0.15, 0.2) is 0 Å². The van der Waals surface area contributed by atoms with Crippen molar-refractivity contribution >= 4 is 0 Å². The van der Waals surface area contributed by atoms with Crippen LogP contribution in [-0.4, -0.2) is 10.2 Å². The van der Waals surface area contributed by atoms with E-state index in [4.69, 9.17) is 0 Å². The van der Waals surface area contributed by atoms with Gasteiger partial charge in [-0.25, -0.2) is 0 Å². The Morgan fingerprint density at radius 2 is 1.75 bits per heavy atom. The minimum absolute atomic E-state index is 0.0860. The van der Waals surface area contributed by atoms with Crippen LogP contribution in [0.15, 0.2) is 55.2 Å². The highest BCUT2D eigenvalue weighted by Crippen LogP contribution is 2.22. The Balaban J connectivity index is 2.70. The van der Waals surface area contributed by atoms with Gasteiger partial charge in [0.25, 0.3) is 0 Å². The average Bonchev–Trinajstić information content (AvgIpc) is 2.23. The lowest BCUT2D eigenvalue weighted by Crippen LogP contribution is -1.87.